The summed E-state index contributed by atoms with van der Waals surface area (Å²) in [5.74, 6) is -0.301. The summed E-state index contributed by atoms with van der Waals surface area (Å²) in [6, 6.07) is -0.449. The number of ether oxygens (including phenoxy) is 1. The Bertz CT molecular complexity index is 297. The van der Waals surface area contributed by atoms with E-state index in [1.54, 1.807) is 14.0 Å². The summed E-state index contributed by atoms with van der Waals surface area (Å²) >= 11 is 5.87. The SMILES string of the molecule is CNC(C(=O)OCC1=CCCC=C1)C(C)Cl. The molecular weight excluding hydrogens is 226 g/mol. The molecule has 0 bridgehead atoms. The van der Waals surface area contributed by atoms with Crippen LogP contribution in [-0.2, 0) is 9.53 Å². The van der Waals surface area contributed by atoms with Crippen LogP contribution in [0.4, 0.5) is 0 Å². The summed E-state index contributed by atoms with van der Waals surface area (Å²) in [5.41, 5.74) is 1.05. The molecule has 1 aliphatic rings. The molecule has 0 radical (unpaired) electrons. The summed E-state index contributed by atoms with van der Waals surface area (Å²) in [4.78, 5) is 11.6. The van der Waals surface area contributed by atoms with Gasteiger partial charge in [0.1, 0.15) is 12.6 Å². The van der Waals surface area contributed by atoms with E-state index in [0.717, 1.165) is 18.4 Å². The molecule has 16 heavy (non-hydrogen) atoms. The molecule has 0 saturated carbocycles. The quantitative estimate of drug-likeness (QED) is 0.593. The monoisotopic (exact) mass is 243 g/mol. The zero-order valence-electron chi connectivity index (χ0n) is 9.70. The van der Waals surface area contributed by atoms with E-state index in [9.17, 15) is 4.79 Å². The van der Waals surface area contributed by atoms with Crippen molar-refractivity contribution in [2.24, 2.45) is 0 Å². The molecule has 2 atom stereocenters. The van der Waals surface area contributed by atoms with Gasteiger partial charge in [-0.05, 0) is 32.4 Å². The van der Waals surface area contributed by atoms with Gasteiger partial charge in [-0.1, -0.05) is 18.2 Å². The van der Waals surface area contributed by atoms with Gasteiger partial charge in [0.05, 0.1) is 5.38 Å². The minimum atomic E-state index is -0.449. The van der Waals surface area contributed by atoms with E-state index in [1.807, 2.05) is 6.08 Å². The minimum absolute atomic E-state index is 0.284. The second kappa shape index (κ2) is 6.71. The van der Waals surface area contributed by atoms with Crippen molar-refractivity contribution >= 4 is 17.6 Å². The van der Waals surface area contributed by atoms with Gasteiger partial charge in [0, 0.05) is 0 Å². The predicted molar refractivity (Wildman–Crippen MR) is 65.6 cm³/mol. The second-order valence-electron chi connectivity index (χ2n) is 3.81. The third-order valence-electron chi connectivity index (χ3n) is 2.48. The molecule has 0 aromatic heterocycles. The number of nitrogens with one attached hydrogen (secondary N) is 1. The largest absolute Gasteiger partial charge is 0.460 e. The highest BCUT2D eigenvalue weighted by Crippen LogP contribution is 2.11. The maximum atomic E-state index is 11.6. The van der Waals surface area contributed by atoms with Crippen LogP contribution in [0.1, 0.15) is 19.8 Å². The molecule has 0 aromatic rings. The zero-order chi connectivity index (χ0) is 12.0. The van der Waals surface area contributed by atoms with Gasteiger partial charge in [-0.3, -0.25) is 4.79 Å². The fourth-order valence-electron chi connectivity index (χ4n) is 1.55. The molecule has 1 N–H and O–H groups in total. The molecule has 0 saturated heterocycles. The molecule has 0 aromatic carbocycles. The van der Waals surface area contributed by atoms with E-state index >= 15 is 0 Å². The van der Waals surface area contributed by atoms with Gasteiger partial charge in [0.15, 0.2) is 0 Å². The summed E-state index contributed by atoms with van der Waals surface area (Å²) in [7, 11) is 1.70. The lowest BCUT2D eigenvalue weighted by Crippen LogP contribution is -2.41. The molecule has 90 valence electrons. The third kappa shape index (κ3) is 3.99. The Hall–Kier alpha value is -0.800. The lowest BCUT2D eigenvalue weighted by Gasteiger charge is -2.17. The van der Waals surface area contributed by atoms with Crippen LogP contribution in [0, 0.1) is 0 Å². The van der Waals surface area contributed by atoms with Crippen LogP contribution >= 0.6 is 11.6 Å². The number of hydrogen-bond acceptors (Lipinski definition) is 3. The molecule has 0 spiro atoms. The summed E-state index contributed by atoms with van der Waals surface area (Å²) in [6.45, 7) is 2.10. The Morgan fingerprint density at radius 1 is 1.62 bits per heavy atom. The van der Waals surface area contributed by atoms with Gasteiger partial charge in [-0.25, -0.2) is 0 Å². The fraction of sp³-hybridized carbons (Fsp3) is 0.583. The maximum Gasteiger partial charge on any atom is 0.324 e. The molecule has 4 heteroatoms. The van der Waals surface area contributed by atoms with Gasteiger partial charge in [0.2, 0.25) is 0 Å². The molecule has 2 unspecified atom stereocenters. The number of likely N-dealkylation sites (N-methyl/N-ethyl adjacent to an activating group) is 1. The van der Waals surface area contributed by atoms with Crippen LogP contribution < -0.4 is 5.32 Å². The van der Waals surface area contributed by atoms with Gasteiger partial charge in [0.25, 0.3) is 0 Å². The average Bonchev–Trinajstić information content (AvgIpc) is 2.28. The van der Waals surface area contributed by atoms with Crippen LogP contribution in [0.25, 0.3) is 0 Å². The average molecular weight is 244 g/mol. The first-order chi connectivity index (χ1) is 7.65. The van der Waals surface area contributed by atoms with E-state index in [1.165, 1.54) is 0 Å². The molecule has 0 fully saturated rings. The van der Waals surface area contributed by atoms with Crippen molar-refractivity contribution in [3.05, 3.63) is 23.8 Å². The Kier molecular flexibility index (Phi) is 5.56. The Labute approximate surface area is 101 Å². The Morgan fingerprint density at radius 2 is 2.38 bits per heavy atom. The number of carbonyl (C=O) groups is 1. The first-order valence-electron chi connectivity index (χ1n) is 5.48. The van der Waals surface area contributed by atoms with Gasteiger partial charge < -0.3 is 10.1 Å². The van der Waals surface area contributed by atoms with Gasteiger partial charge in [-0.2, -0.15) is 0 Å². The minimum Gasteiger partial charge on any atom is -0.460 e. The number of alkyl halides is 1. The molecular formula is C12H18ClNO2. The van der Waals surface area contributed by atoms with E-state index in [2.05, 4.69) is 17.5 Å². The highest BCUT2D eigenvalue weighted by atomic mass is 35.5. The summed E-state index contributed by atoms with van der Waals surface area (Å²) in [5, 5.41) is 2.56. The topological polar surface area (TPSA) is 38.3 Å². The summed E-state index contributed by atoms with van der Waals surface area (Å²) < 4.78 is 5.19. The highest BCUT2D eigenvalue weighted by molar-refractivity contribution is 6.22. The van der Waals surface area contributed by atoms with Crippen molar-refractivity contribution in [2.45, 2.75) is 31.2 Å². The van der Waals surface area contributed by atoms with Crippen molar-refractivity contribution in [1.29, 1.82) is 0 Å². The normalized spacial score (nSPS) is 18.8. The first-order valence-corrected chi connectivity index (χ1v) is 5.92. The molecule has 0 amide bonds. The third-order valence-corrected chi connectivity index (χ3v) is 2.73. The lowest BCUT2D eigenvalue weighted by molar-refractivity contribution is -0.144. The maximum absolute atomic E-state index is 11.6. The zero-order valence-corrected chi connectivity index (χ0v) is 10.5. The Balaban J connectivity index is 2.39. The number of hydrogen-bond donors (Lipinski definition) is 1. The summed E-state index contributed by atoms with van der Waals surface area (Å²) in [6.07, 6.45) is 8.25. The van der Waals surface area contributed by atoms with Crippen LogP contribution in [0.15, 0.2) is 23.8 Å². The number of rotatable bonds is 5. The standard InChI is InChI=1S/C12H18ClNO2/c1-9(13)11(14-2)12(15)16-8-10-6-4-3-5-7-10/h4,6-7,9,11,14H,3,5,8H2,1-2H3. The van der Waals surface area contributed by atoms with Crippen LogP contribution in [-0.4, -0.2) is 31.0 Å². The predicted octanol–water partition coefficient (Wildman–Crippen LogP) is 2.02. The van der Waals surface area contributed by atoms with Crippen LogP contribution in [0.5, 0.6) is 0 Å². The van der Waals surface area contributed by atoms with Crippen molar-refractivity contribution in [3.63, 3.8) is 0 Å². The highest BCUT2D eigenvalue weighted by Gasteiger charge is 2.23. The van der Waals surface area contributed by atoms with E-state index in [-0.39, 0.29) is 11.3 Å². The van der Waals surface area contributed by atoms with Crippen molar-refractivity contribution in [1.82, 2.24) is 5.32 Å². The Morgan fingerprint density at radius 3 is 2.88 bits per heavy atom. The molecule has 0 aliphatic heterocycles. The molecule has 0 heterocycles. The number of carbonyl (C=O) groups excluding carboxylic acids is 1. The number of allylic oxidation sites excluding steroid dienone is 2. The lowest BCUT2D eigenvalue weighted by atomic mass is 10.1. The van der Waals surface area contributed by atoms with Crippen LogP contribution in [0.3, 0.4) is 0 Å². The number of halogens is 1. The van der Waals surface area contributed by atoms with Crippen LogP contribution in [0.2, 0.25) is 0 Å². The van der Waals surface area contributed by atoms with E-state index in [0.29, 0.717) is 6.61 Å². The molecule has 3 nitrogen and oxygen atoms in total. The smallest absolute Gasteiger partial charge is 0.324 e. The first kappa shape index (κ1) is 13.3. The van der Waals surface area contributed by atoms with Crippen molar-refractivity contribution in [2.75, 3.05) is 13.7 Å². The number of esters is 1. The van der Waals surface area contributed by atoms with Gasteiger partial charge >= 0.3 is 5.97 Å². The van der Waals surface area contributed by atoms with Crippen molar-refractivity contribution in [3.8, 4) is 0 Å². The van der Waals surface area contributed by atoms with Crippen molar-refractivity contribution < 1.29 is 9.53 Å². The van der Waals surface area contributed by atoms with E-state index < -0.39 is 6.04 Å². The molecule has 1 aliphatic carbocycles. The van der Waals surface area contributed by atoms with E-state index in [4.69, 9.17) is 16.3 Å². The molecule has 1 rings (SSSR count). The van der Waals surface area contributed by atoms with Gasteiger partial charge in [-0.15, -0.1) is 11.6 Å². The fourth-order valence-corrected chi connectivity index (χ4v) is 1.78. The second-order valence-corrected chi connectivity index (χ2v) is 4.50.